The molecule has 4 heteroatoms. The Labute approximate surface area is 78.7 Å². The van der Waals surface area contributed by atoms with Crippen molar-refractivity contribution in [3.63, 3.8) is 0 Å². The van der Waals surface area contributed by atoms with E-state index in [2.05, 4.69) is 22.1 Å². The van der Waals surface area contributed by atoms with Crippen molar-refractivity contribution >= 4 is 0 Å². The molecule has 0 bridgehead atoms. The highest BCUT2D eigenvalue weighted by atomic mass is 15.3. The van der Waals surface area contributed by atoms with Crippen LogP contribution in [0.15, 0.2) is 19.0 Å². The Morgan fingerprint density at radius 3 is 3.15 bits per heavy atom. The van der Waals surface area contributed by atoms with E-state index in [1.54, 1.807) is 6.33 Å². The Kier molecular flexibility index (Phi) is 4.18. The Morgan fingerprint density at radius 1 is 1.69 bits per heavy atom. The second kappa shape index (κ2) is 5.48. The molecule has 4 nitrogen and oxygen atoms in total. The number of hydrogen-bond donors (Lipinski definition) is 1. The van der Waals surface area contributed by atoms with Gasteiger partial charge in [-0.1, -0.05) is 6.08 Å². The molecule has 0 aliphatic heterocycles. The van der Waals surface area contributed by atoms with Crippen LogP contribution in [0.3, 0.4) is 0 Å². The first-order chi connectivity index (χ1) is 6.34. The Bertz CT molecular complexity index is 254. The van der Waals surface area contributed by atoms with Gasteiger partial charge < -0.3 is 9.88 Å². The van der Waals surface area contributed by atoms with Gasteiger partial charge in [-0.25, -0.2) is 0 Å². The lowest BCUT2D eigenvalue weighted by molar-refractivity contribution is 0.616. The minimum atomic E-state index is 0.785. The van der Waals surface area contributed by atoms with Gasteiger partial charge in [-0.15, -0.1) is 16.8 Å². The molecule has 0 unspecified atom stereocenters. The molecular weight excluding hydrogens is 164 g/mol. The summed E-state index contributed by atoms with van der Waals surface area (Å²) in [6, 6.07) is 0. The second-order valence-corrected chi connectivity index (χ2v) is 2.97. The number of unbranched alkanes of at least 4 members (excludes halogenated alkanes) is 1. The van der Waals surface area contributed by atoms with Gasteiger partial charge in [0.1, 0.15) is 12.2 Å². The minimum absolute atomic E-state index is 0.785. The monoisotopic (exact) mass is 180 g/mol. The summed E-state index contributed by atoms with van der Waals surface area (Å²) in [4.78, 5) is 0. The molecule has 0 amide bonds. The predicted molar refractivity (Wildman–Crippen MR) is 52.1 cm³/mol. The highest BCUT2D eigenvalue weighted by molar-refractivity contribution is 4.82. The maximum absolute atomic E-state index is 3.96. The molecule has 0 aliphatic carbocycles. The van der Waals surface area contributed by atoms with E-state index >= 15 is 0 Å². The van der Waals surface area contributed by atoms with Crippen LogP contribution in [-0.2, 0) is 13.6 Å². The van der Waals surface area contributed by atoms with E-state index in [1.807, 2.05) is 17.7 Å². The number of nitrogens with one attached hydrogen (secondary N) is 1. The maximum Gasteiger partial charge on any atom is 0.146 e. The van der Waals surface area contributed by atoms with Gasteiger partial charge in [0.2, 0.25) is 0 Å². The zero-order chi connectivity index (χ0) is 9.52. The van der Waals surface area contributed by atoms with E-state index in [-0.39, 0.29) is 0 Å². The van der Waals surface area contributed by atoms with E-state index < -0.39 is 0 Å². The van der Waals surface area contributed by atoms with Crippen LogP contribution < -0.4 is 5.32 Å². The van der Waals surface area contributed by atoms with Crippen LogP contribution in [0, 0.1) is 0 Å². The molecule has 1 rings (SSSR count). The lowest BCUT2D eigenvalue weighted by atomic mass is 10.3. The molecule has 0 atom stereocenters. The molecule has 0 fully saturated rings. The van der Waals surface area contributed by atoms with E-state index in [0.29, 0.717) is 0 Å². The SMILES string of the molecule is C=CCCCNCc1nncn1C. The molecule has 1 aromatic rings. The summed E-state index contributed by atoms with van der Waals surface area (Å²) in [5.74, 6) is 0.971. The first kappa shape index (κ1) is 9.92. The van der Waals surface area contributed by atoms with Gasteiger partial charge in [-0.3, -0.25) is 0 Å². The van der Waals surface area contributed by atoms with Crippen LogP contribution >= 0.6 is 0 Å². The highest BCUT2D eigenvalue weighted by Crippen LogP contribution is 1.91. The smallest absolute Gasteiger partial charge is 0.146 e. The molecule has 0 saturated heterocycles. The Morgan fingerprint density at radius 2 is 2.54 bits per heavy atom. The molecule has 0 aliphatic rings. The second-order valence-electron chi connectivity index (χ2n) is 2.97. The molecule has 0 aromatic carbocycles. The zero-order valence-electron chi connectivity index (χ0n) is 8.03. The molecular formula is C9H16N4. The summed E-state index contributed by atoms with van der Waals surface area (Å²) in [7, 11) is 1.95. The van der Waals surface area contributed by atoms with Crippen molar-refractivity contribution in [2.45, 2.75) is 19.4 Å². The van der Waals surface area contributed by atoms with Crippen molar-refractivity contribution in [1.29, 1.82) is 0 Å². The molecule has 0 radical (unpaired) electrons. The van der Waals surface area contributed by atoms with Gasteiger partial charge >= 0.3 is 0 Å². The largest absolute Gasteiger partial charge is 0.320 e. The van der Waals surface area contributed by atoms with Crippen molar-refractivity contribution in [3.8, 4) is 0 Å². The van der Waals surface area contributed by atoms with Gasteiger partial charge in [0.25, 0.3) is 0 Å². The summed E-state index contributed by atoms with van der Waals surface area (Å²) >= 11 is 0. The van der Waals surface area contributed by atoms with E-state index in [0.717, 1.165) is 31.8 Å². The number of nitrogens with zero attached hydrogens (tertiary/aromatic N) is 3. The van der Waals surface area contributed by atoms with Crippen molar-refractivity contribution in [3.05, 3.63) is 24.8 Å². The molecule has 1 aromatic heterocycles. The summed E-state index contributed by atoms with van der Waals surface area (Å²) in [6.07, 6.45) is 5.83. The predicted octanol–water partition coefficient (Wildman–Crippen LogP) is 0.871. The van der Waals surface area contributed by atoms with E-state index in [1.165, 1.54) is 0 Å². The number of rotatable bonds is 6. The van der Waals surface area contributed by atoms with Crippen LogP contribution in [0.4, 0.5) is 0 Å². The minimum Gasteiger partial charge on any atom is -0.320 e. The standard InChI is InChI=1S/C9H16N4/c1-3-4-5-6-10-7-9-12-11-8-13(9)2/h3,8,10H,1,4-7H2,2H3. The third-order valence-corrected chi connectivity index (χ3v) is 1.85. The van der Waals surface area contributed by atoms with Gasteiger partial charge in [-0.2, -0.15) is 0 Å². The zero-order valence-corrected chi connectivity index (χ0v) is 8.03. The molecule has 13 heavy (non-hydrogen) atoms. The highest BCUT2D eigenvalue weighted by Gasteiger charge is 1.97. The fourth-order valence-electron chi connectivity index (χ4n) is 1.04. The lowest BCUT2D eigenvalue weighted by Crippen LogP contribution is -2.17. The van der Waals surface area contributed by atoms with Crippen molar-refractivity contribution in [1.82, 2.24) is 20.1 Å². The third kappa shape index (κ3) is 3.38. The van der Waals surface area contributed by atoms with Crippen molar-refractivity contribution in [2.24, 2.45) is 7.05 Å². The normalized spacial score (nSPS) is 10.2. The number of aryl methyl sites for hydroxylation is 1. The van der Waals surface area contributed by atoms with Gasteiger partial charge in [0.05, 0.1) is 6.54 Å². The Hall–Kier alpha value is -1.16. The molecule has 0 saturated carbocycles. The van der Waals surface area contributed by atoms with Gasteiger partial charge in [-0.05, 0) is 19.4 Å². The fraction of sp³-hybridized carbons (Fsp3) is 0.556. The maximum atomic E-state index is 3.96. The van der Waals surface area contributed by atoms with Crippen LogP contribution in [-0.4, -0.2) is 21.3 Å². The van der Waals surface area contributed by atoms with Gasteiger partial charge in [0.15, 0.2) is 0 Å². The van der Waals surface area contributed by atoms with Crippen LogP contribution in [0.1, 0.15) is 18.7 Å². The summed E-state index contributed by atoms with van der Waals surface area (Å²) < 4.78 is 1.92. The first-order valence-electron chi connectivity index (χ1n) is 4.49. The molecule has 1 N–H and O–H groups in total. The van der Waals surface area contributed by atoms with Crippen molar-refractivity contribution < 1.29 is 0 Å². The molecule has 1 heterocycles. The Balaban J connectivity index is 2.13. The average molecular weight is 180 g/mol. The summed E-state index contributed by atoms with van der Waals surface area (Å²) in [5, 5.41) is 11.0. The average Bonchev–Trinajstić information content (AvgIpc) is 2.52. The van der Waals surface area contributed by atoms with Gasteiger partial charge in [0, 0.05) is 7.05 Å². The number of allylic oxidation sites excluding steroid dienone is 1. The van der Waals surface area contributed by atoms with Crippen LogP contribution in [0.25, 0.3) is 0 Å². The van der Waals surface area contributed by atoms with Crippen molar-refractivity contribution in [2.75, 3.05) is 6.54 Å². The quantitative estimate of drug-likeness (QED) is 0.522. The van der Waals surface area contributed by atoms with Crippen LogP contribution in [0.5, 0.6) is 0 Å². The molecule has 0 spiro atoms. The molecule has 72 valence electrons. The number of aromatic nitrogens is 3. The first-order valence-corrected chi connectivity index (χ1v) is 4.49. The lowest BCUT2D eigenvalue weighted by Gasteiger charge is -2.02. The number of hydrogen-bond acceptors (Lipinski definition) is 3. The topological polar surface area (TPSA) is 42.7 Å². The van der Waals surface area contributed by atoms with E-state index in [4.69, 9.17) is 0 Å². The summed E-state index contributed by atoms with van der Waals surface area (Å²) in [6.45, 7) is 5.45. The van der Waals surface area contributed by atoms with E-state index in [9.17, 15) is 0 Å². The van der Waals surface area contributed by atoms with Crippen LogP contribution in [0.2, 0.25) is 0 Å². The fourth-order valence-corrected chi connectivity index (χ4v) is 1.04. The third-order valence-electron chi connectivity index (χ3n) is 1.85. The summed E-state index contributed by atoms with van der Waals surface area (Å²) in [5.41, 5.74) is 0.